The van der Waals surface area contributed by atoms with E-state index in [1.54, 1.807) is 0 Å². The van der Waals surface area contributed by atoms with Crippen molar-refractivity contribution >= 4 is 49.9 Å². The number of hydrogen-bond acceptors (Lipinski definition) is 4. The topological polar surface area (TPSA) is 71.1 Å². The fourth-order valence-electron chi connectivity index (χ4n) is 6.00. The molecule has 1 aromatic heterocycles. The first-order valence-corrected chi connectivity index (χ1v) is 11.9. The lowest BCUT2D eigenvalue weighted by Crippen LogP contribution is -2.51. The van der Waals surface area contributed by atoms with E-state index < -0.39 is 0 Å². The summed E-state index contributed by atoms with van der Waals surface area (Å²) in [6.07, 6.45) is 6.99. The molecule has 7 heteroatoms. The van der Waals surface area contributed by atoms with E-state index in [1.165, 1.54) is 30.6 Å². The van der Waals surface area contributed by atoms with Crippen LogP contribution in [0.15, 0.2) is 28.7 Å². The average Bonchev–Trinajstić information content (AvgIpc) is 3.03. The van der Waals surface area contributed by atoms with Gasteiger partial charge in [-0.05, 0) is 87.5 Å². The van der Waals surface area contributed by atoms with E-state index >= 15 is 0 Å². The molecule has 0 unspecified atom stereocenters. The summed E-state index contributed by atoms with van der Waals surface area (Å²) in [4.78, 5) is 30.9. The lowest BCUT2D eigenvalue weighted by molar-refractivity contribution is -0.140. The maximum Gasteiger partial charge on any atom is 0.267 e. The molecule has 5 nitrogen and oxygen atoms in total. The van der Waals surface area contributed by atoms with Crippen molar-refractivity contribution in [1.29, 1.82) is 0 Å². The molecule has 4 bridgehead atoms. The number of halogens is 1. The van der Waals surface area contributed by atoms with Crippen molar-refractivity contribution in [2.24, 2.45) is 23.2 Å². The van der Waals surface area contributed by atoms with Crippen LogP contribution < -0.4 is 10.6 Å². The van der Waals surface area contributed by atoms with Crippen molar-refractivity contribution in [2.75, 3.05) is 10.6 Å². The molecular weight excluding hydrogens is 450 g/mol. The Labute approximate surface area is 182 Å². The van der Waals surface area contributed by atoms with Crippen molar-refractivity contribution in [3.8, 4) is 0 Å². The summed E-state index contributed by atoms with van der Waals surface area (Å²) in [6.45, 7) is 1.81. The van der Waals surface area contributed by atoms with Gasteiger partial charge in [-0.2, -0.15) is 0 Å². The standard InChI is InChI=1S/C22H24BrN3O2S/c1-12-18(19(27)25-17-4-2-16(23)3-5-17)29-21(24-12)26-20(28)22-9-13-6-14(10-22)8-15(7-13)11-22/h2-5,13-15H,6-11H2,1H3,(H,25,27)(H,24,26,28). The molecule has 4 fully saturated rings. The fraction of sp³-hybridized carbons (Fsp3) is 0.500. The maximum atomic E-state index is 13.2. The van der Waals surface area contributed by atoms with Gasteiger partial charge in [0.05, 0.1) is 11.1 Å². The van der Waals surface area contributed by atoms with Crippen LogP contribution in [0.5, 0.6) is 0 Å². The molecule has 0 spiro atoms. The number of carbonyl (C=O) groups is 2. The molecule has 2 N–H and O–H groups in total. The van der Waals surface area contributed by atoms with Gasteiger partial charge in [0.1, 0.15) is 4.88 Å². The summed E-state index contributed by atoms with van der Waals surface area (Å²) in [6, 6.07) is 7.45. The zero-order valence-corrected chi connectivity index (χ0v) is 18.7. The van der Waals surface area contributed by atoms with E-state index in [-0.39, 0.29) is 17.2 Å². The minimum absolute atomic E-state index is 0.116. The molecule has 1 heterocycles. The fourth-order valence-corrected chi connectivity index (χ4v) is 7.12. The van der Waals surface area contributed by atoms with Gasteiger partial charge >= 0.3 is 0 Å². The lowest BCUT2D eigenvalue weighted by atomic mass is 9.49. The molecular formula is C22H24BrN3O2S. The molecule has 0 saturated heterocycles. The summed E-state index contributed by atoms with van der Waals surface area (Å²) in [5, 5.41) is 6.50. The highest BCUT2D eigenvalue weighted by Gasteiger charge is 2.54. The second-order valence-electron chi connectivity index (χ2n) is 9.05. The van der Waals surface area contributed by atoms with Crippen LogP contribution in [0.25, 0.3) is 0 Å². The van der Waals surface area contributed by atoms with Gasteiger partial charge in [-0.1, -0.05) is 27.3 Å². The van der Waals surface area contributed by atoms with Crippen LogP contribution in [0.1, 0.15) is 53.9 Å². The second kappa shape index (κ2) is 7.20. The zero-order valence-electron chi connectivity index (χ0n) is 16.3. The smallest absolute Gasteiger partial charge is 0.267 e. The summed E-state index contributed by atoms with van der Waals surface area (Å²) in [7, 11) is 0. The van der Waals surface area contributed by atoms with Crippen LogP contribution in [-0.2, 0) is 4.79 Å². The van der Waals surface area contributed by atoms with Gasteiger partial charge in [-0.3, -0.25) is 9.59 Å². The van der Waals surface area contributed by atoms with Crippen molar-refractivity contribution in [2.45, 2.75) is 45.4 Å². The number of aromatic nitrogens is 1. The third-order valence-electron chi connectivity index (χ3n) is 6.85. The largest absolute Gasteiger partial charge is 0.321 e. The molecule has 4 saturated carbocycles. The SMILES string of the molecule is Cc1nc(NC(=O)C23CC4CC(CC(C4)C2)C3)sc1C(=O)Nc1ccc(Br)cc1. The third kappa shape index (κ3) is 3.63. The van der Waals surface area contributed by atoms with Crippen LogP contribution >= 0.6 is 27.3 Å². The summed E-state index contributed by atoms with van der Waals surface area (Å²) < 4.78 is 0.958. The lowest BCUT2D eigenvalue weighted by Gasteiger charge is -2.55. The van der Waals surface area contributed by atoms with Crippen LogP contribution in [-0.4, -0.2) is 16.8 Å². The summed E-state index contributed by atoms with van der Waals surface area (Å²) in [5.74, 6) is 2.08. The first-order valence-electron chi connectivity index (χ1n) is 10.3. The maximum absolute atomic E-state index is 13.2. The third-order valence-corrected chi connectivity index (χ3v) is 8.45. The number of carbonyl (C=O) groups excluding carboxylic acids is 2. The van der Waals surface area contributed by atoms with E-state index in [0.29, 0.717) is 15.7 Å². The van der Waals surface area contributed by atoms with E-state index in [2.05, 4.69) is 31.5 Å². The highest BCUT2D eigenvalue weighted by molar-refractivity contribution is 9.10. The van der Waals surface area contributed by atoms with Crippen molar-refractivity contribution in [3.05, 3.63) is 39.3 Å². The van der Waals surface area contributed by atoms with Gasteiger partial charge in [0.15, 0.2) is 5.13 Å². The molecule has 4 aliphatic carbocycles. The van der Waals surface area contributed by atoms with Gasteiger partial charge in [0.25, 0.3) is 5.91 Å². The van der Waals surface area contributed by atoms with Gasteiger partial charge < -0.3 is 10.6 Å². The quantitative estimate of drug-likeness (QED) is 0.604. The Hall–Kier alpha value is -1.73. The Morgan fingerprint density at radius 2 is 1.62 bits per heavy atom. The zero-order chi connectivity index (χ0) is 20.2. The number of amides is 2. The number of nitrogens with zero attached hydrogens (tertiary/aromatic N) is 1. The number of thiazole rings is 1. The normalized spacial score (nSPS) is 29.7. The highest BCUT2D eigenvalue weighted by atomic mass is 79.9. The molecule has 2 amide bonds. The van der Waals surface area contributed by atoms with E-state index in [1.807, 2.05) is 31.2 Å². The molecule has 29 heavy (non-hydrogen) atoms. The van der Waals surface area contributed by atoms with Crippen LogP contribution in [0.4, 0.5) is 10.8 Å². The van der Waals surface area contributed by atoms with Crippen molar-refractivity contribution in [3.63, 3.8) is 0 Å². The van der Waals surface area contributed by atoms with E-state index in [4.69, 9.17) is 0 Å². The first kappa shape index (κ1) is 19.2. The molecule has 1 aromatic carbocycles. The molecule has 0 radical (unpaired) electrons. The number of benzene rings is 1. The van der Waals surface area contributed by atoms with Crippen molar-refractivity contribution in [1.82, 2.24) is 4.98 Å². The molecule has 6 rings (SSSR count). The van der Waals surface area contributed by atoms with Crippen molar-refractivity contribution < 1.29 is 9.59 Å². The Kier molecular flexibility index (Phi) is 4.78. The first-order chi connectivity index (χ1) is 13.9. The van der Waals surface area contributed by atoms with Gasteiger partial charge in [0, 0.05) is 10.2 Å². The predicted molar refractivity (Wildman–Crippen MR) is 118 cm³/mol. The summed E-state index contributed by atoms with van der Waals surface area (Å²) in [5.41, 5.74) is 1.16. The minimum Gasteiger partial charge on any atom is -0.321 e. The molecule has 4 aliphatic rings. The van der Waals surface area contributed by atoms with E-state index in [9.17, 15) is 9.59 Å². The second-order valence-corrected chi connectivity index (χ2v) is 11.0. The summed E-state index contributed by atoms with van der Waals surface area (Å²) >= 11 is 4.65. The Balaban J connectivity index is 1.30. The van der Waals surface area contributed by atoms with Crippen LogP contribution in [0.3, 0.4) is 0 Å². The minimum atomic E-state index is -0.214. The average molecular weight is 474 g/mol. The van der Waals surface area contributed by atoms with Crippen LogP contribution in [0.2, 0.25) is 0 Å². The number of rotatable bonds is 4. The molecule has 0 aliphatic heterocycles. The van der Waals surface area contributed by atoms with Gasteiger partial charge in [0.2, 0.25) is 5.91 Å². The predicted octanol–water partition coefficient (Wildman–Crippen LogP) is 5.62. The van der Waals surface area contributed by atoms with E-state index in [0.717, 1.165) is 47.2 Å². The Morgan fingerprint density at radius 3 is 2.21 bits per heavy atom. The molecule has 2 aromatic rings. The number of anilines is 2. The van der Waals surface area contributed by atoms with Gasteiger partial charge in [-0.25, -0.2) is 4.98 Å². The highest BCUT2D eigenvalue weighted by Crippen LogP contribution is 2.60. The van der Waals surface area contributed by atoms with Gasteiger partial charge in [-0.15, -0.1) is 0 Å². The molecule has 152 valence electrons. The number of hydrogen-bond donors (Lipinski definition) is 2. The Morgan fingerprint density at radius 1 is 1.03 bits per heavy atom. The molecule has 0 atom stereocenters. The number of nitrogens with one attached hydrogen (secondary N) is 2. The Bertz CT molecular complexity index is 934. The number of aryl methyl sites for hydroxylation is 1. The van der Waals surface area contributed by atoms with Crippen LogP contribution in [0, 0.1) is 30.1 Å². The monoisotopic (exact) mass is 473 g/mol.